The van der Waals surface area contributed by atoms with E-state index in [-0.39, 0.29) is 5.56 Å². The predicted molar refractivity (Wildman–Crippen MR) is 68.4 cm³/mol. The number of benzene rings is 1. The van der Waals surface area contributed by atoms with Crippen LogP contribution < -0.4 is 5.32 Å². The number of alkyl halides is 3. The summed E-state index contributed by atoms with van der Waals surface area (Å²) < 4.78 is 37.7. The van der Waals surface area contributed by atoms with Gasteiger partial charge in [0.05, 0.1) is 5.56 Å². The minimum Gasteiger partial charge on any atom is -0.307 e. The van der Waals surface area contributed by atoms with E-state index < -0.39 is 17.6 Å². The van der Waals surface area contributed by atoms with Crippen molar-refractivity contribution >= 4 is 11.7 Å². The maximum absolute atomic E-state index is 12.6. The fourth-order valence-electron chi connectivity index (χ4n) is 1.63. The van der Waals surface area contributed by atoms with E-state index in [0.29, 0.717) is 5.82 Å². The van der Waals surface area contributed by atoms with Gasteiger partial charge in [-0.25, -0.2) is 4.98 Å². The van der Waals surface area contributed by atoms with Gasteiger partial charge in [-0.2, -0.15) is 13.2 Å². The van der Waals surface area contributed by atoms with E-state index in [0.717, 1.165) is 17.7 Å². The van der Waals surface area contributed by atoms with E-state index in [1.54, 1.807) is 12.1 Å². The average Bonchev–Trinajstić information content (AvgIpc) is 2.38. The summed E-state index contributed by atoms with van der Waals surface area (Å²) in [6, 6.07) is 7.63. The minimum absolute atomic E-state index is 0.0665. The Labute approximate surface area is 113 Å². The number of rotatable bonds is 2. The SMILES string of the molecule is Cc1ccnc(NC(=O)c2cccc(C(F)(F)F)c2)c1. The number of anilines is 1. The molecule has 0 saturated carbocycles. The van der Waals surface area contributed by atoms with Crippen LogP contribution in [-0.4, -0.2) is 10.9 Å². The molecule has 1 aromatic carbocycles. The molecule has 0 aliphatic rings. The number of carbonyl (C=O) groups is 1. The lowest BCUT2D eigenvalue weighted by atomic mass is 10.1. The molecule has 0 spiro atoms. The van der Waals surface area contributed by atoms with Gasteiger partial charge >= 0.3 is 6.18 Å². The summed E-state index contributed by atoms with van der Waals surface area (Å²) in [5.74, 6) is -0.332. The fourth-order valence-corrected chi connectivity index (χ4v) is 1.63. The summed E-state index contributed by atoms with van der Waals surface area (Å²) in [6.45, 7) is 1.82. The van der Waals surface area contributed by atoms with E-state index in [9.17, 15) is 18.0 Å². The molecular weight excluding hydrogens is 269 g/mol. The summed E-state index contributed by atoms with van der Waals surface area (Å²) in [6.07, 6.45) is -2.96. The zero-order chi connectivity index (χ0) is 14.8. The second-order valence-electron chi connectivity index (χ2n) is 4.25. The van der Waals surface area contributed by atoms with Crippen LogP contribution in [0.15, 0.2) is 42.6 Å². The molecule has 104 valence electrons. The van der Waals surface area contributed by atoms with Gasteiger partial charge in [0.2, 0.25) is 0 Å². The Hall–Kier alpha value is -2.37. The second-order valence-corrected chi connectivity index (χ2v) is 4.25. The molecule has 1 amide bonds. The van der Waals surface area contributed by atoms with Crippen LogP contribution in [-0.2, 0) is 6.18 Å². The highest BCUT2D eigenvalue weighted by Crippen LogP contribution is 2.29. The molecule has 0 atom stereocenters. The van der Waals surface area contributed by atoms with Crippen molar-refractivity contribution in [2.24, 2.45) is 0 Å². The number of nitrogens with one attached hydrogen (secondary N) is 1. The number of hydrogen-bond acceptors (Lipinski definition) is 2. The summed E-state index contributed by atoms with van der Waals surface area (Å²) in [5, 5.41) is 2.46. The van der Waals surface area contributed by atoms with Gasteiger partial charge in [0.25, 0.3) is 5.91 Å². The molecule has 0 fully saturated rings. The van der Waals surface area contributed by atoms with Crippen molar-refractivity contribution < 1.29 is 18.0 Å². The Morgan fingerprint density at radius 1 is 1.20 bits per heavy atom. The molecule has 6 heteroatoms. The molecule has 0 saturated heterocycles. The zero-order valence-corrected chi connectivity index (χ0v) is 10.5. The summed E-state index contributed by atoms with van der Waals surface area (Å²) >= 11 is 0. The van der Waals surface area contributed by atoms with Crippen molar-refractivity contribution in [1.29, 1.82) is 0 Å². The molecule has 20 heavy (non-hydrogen) atoms. The Kier molecular flexibility index (Phi) is 3.74. The highest BCUT2D eigenvalue weighted by molar-refractivity contribution is 6.03. The average molecular weight is 280 g/mol. The van der Waals surface area contributed by atoms with Crippen LogP contribution in [0.5, 0.6) is 0 Å². The van der Waals surface area contributed by atoms with Gasteiger partial charge < -0.3 is 5.32 Å². The molecule has 1 aromatic heterocycles. The van der Waals surface area contributed by atoms with Crippen LogP contribution in [0.25, 0.3) is 0 Å². The number of nitrogens with zero attached hydrogens (tertiary/aromatic N) is 1. The molecule has 1 N–H and O–H groups in total. The van der Waals surface area contributed by atoms with Gasteiger partial charge in [0, 0.05) is 11.8 Å². The molecule has 0 aliphatic heterocycles. The van der Waals surface area contributed by atoms with Crippen molar-refractivity contribution in [2.45, 2.75) is 13.1 Å². The van der Waals surface area contributed by atoms with Crippen LogP contribution in [0.2, 0.25) is 0 Å². The van der Waals surface area contributed by atoms with E-state index in [2.05, 4.69) is 10.3 Å². The van der Waals surface area contributed by atoms with Crippen LogP contribution in [0, 0.1) is 6.92 Å². The van der Waals surface area contributed by atoms with Crippen molar-refractivity contribution in [3.8, 4) is 0 Å². The highest BCUT2D eigenvalue weighted by atomic mass is 19.4. The number of aromatic nitrogens is 1. The number of halogens is 3. The number of pyridine rings is 1. The van der Waals surface area contributed by atoms with Crippen molar-refractivity contribution in [2.75, 3.05) is 5.32 Å². The number of carbonyl (C=O) groups excluding carboxylic acids is 1. The Bertz CT molecular complexity index is 638. The minimum atomic E-state index is -4.47. The predicted octanol–water partition coefficient (Wildman–Crippen LogP) is 3.66. The summed E-state index contributed by atoms with van der Waals surface area (Å²) in [5.41, 5.74) is -0.0372. The number of hydrogen-bond donors (Lipinski definition) is 1. The maximum atomic E-state index is 12.6. The highest BCUT2D eigenvalue weighted by Gasteiger charge is 2.30. The van der Waals surface area contributed by atoms with Crippen LogP contribution in [0.3, 0.4) is 0 Å². The van der Waals surface area contributed by atoms with Crippen LogP contribution in [0.4, 0.5) is 19.0 Å². The van der Waals surface area contributed by atoms with Crippen molar-refractivity contribution in [3.63, 3.8) is 0 Å². The third kappa shape index (κ3) is 3.34. The topological polar surface area (TPSA) is 42.0 Å². The van der Waals surface area contributed by atoms with Crippen LogP contribution in [0.1, 0.15) is 21.5 Å². The molecule has 0 radical (unpaired) electrons. The van der Waals surface area contributed by atoms with E-state index in [4.69, 9.17) is 0 Å². The molecule has 2 aromatic rings. The normalized spacial score (nSPS) is 11.2. The first-order chi connectivity index (χ1) is 9.36. The van der Waals surface area contributed by atoms with Gasteiger partial charge in [-0.15, -0.1) is 0 Å². The van der Waals surface area contributed by atoms with Gasteiger partial charge in [-0.1, -0.05) is 6.07 Å². The van der Waals surface area contributed by atoms with Gasteiger partial charge in [-0.3, -0.25) is 4.79 Å². The third-order valence-corrected chi connectivity index (χ3v) is 2.61. The van der Waals surface area contributed by atoms with E-state index >= 15 is 0 Å². The van der Waals surface area contributed by atoms with Crippen molar-refractivity contribution in [1.82, 2.24) is 4.98 Å². The lowest BCUT2D eigenvalue weighted by Gasteiger charge is -2.09. The molecule has 0 bridgehead atoms. The van der Waals surface area contributed by atoms with E-state index in [1.807, 2.05) is 6.92 Å². The second kappa shape index (κ2) is 5.32. The number of amides is 1. The first-order valence-corrected chi connectivity index (χ1v) is 5.77. The lowest BCUT2D eigenvalue weighted by molar-refractivity contribution is -0.137. The molecule has 3 nitrogen and oxygen atoms in total. The maximum Gasteiger partial charge on any atom is 0.416 e. The van der Waals surface area contributed by atoms with Gasteiger partial charge in [0.1, 0.15) is 5.82 Å². The molecule has 0 unspecified atom stereocenters. The standard InChI is InChI=1S/C14H11F3N2O/c1-9-5-6-18-12(7-9)19-13(20)10-3-2-4-11(8-10)14(15,16)17/h2-8H,1H3,(H,18,19,20). The number of aryl methyl sites for hydroxylation is 1. The Balaban J connectivity index is 2.22. The first-order valence-electron chi connectivity index (χ1n) is 5.77. The quantitative estimate of drug-likeness (QED) is 0.912. The smallest absolute Gasteiger partial charge is 0.307 e. The van der Waals surface area contributed by atoms with Gasteiger partial charge in [0.15, 0.2) is 0 Å². The largest absolute Gasteiger partial charge is 0.416 e. The molecule has 0 aliphatic carbocycles. The first kappa shape index (κ1) is 14.0. The van der Waals surface area contributed by atoms with Crippen LogP contribution >= 0.6 is 0 Å². The fraction of sp³-hybridized carbons (Fsp3) is 0.143. The molecular formula is C14H11F3N2O. The summed E-state index contributed by atoms with van der Waals surface area (Å²) in [7, 11) is 0. The Morgan fingerprint density at radius 2 is 1.95 bits per heavy atom. The third-order valence-electron chi connectivity index (χ3n) is 2.61. The zero-order valence-electron chi connectivity index (χ0n) is 10.5. The van der Waals surface area contributed by atoms with E-state index in [1.165, 1.54) is 18.3 Å². The summed E-state index contributed by atoms with van der Waals surface area (Å²) in [4.78, 5) is 15.8. The molecule has 1 heterocycles. The molecule has 2 rings (SSSR count). The Morgan fingerprint density at radius 3 is 2.60 bits per heavy atom. The van der Waals surface area contributed by atoms with Crippen molar-refractivity contribution in [3.05, 3.63) is 59.3 Å². The lowest BCUT2D eigenvalue weighted by Crippen LogP contribution is -2.14. The van der Waals surface area contributed by atoms with Gasteiger partial charge in [-0.05, 0) is 42.8 Å². The monoisotopic (exact) mass is 280 g/mol.